The van der Waals surface area contributed by atoms with Gasteiger partial charge < -0.3 is 10.6 Å². The number of aryl methyl sites for hydroxylation is 1. The lowest BCUT2D eigenvalue weighted by Gasteiger charge is -2.18. The zero-order chi connectivity index (χ0) is 17.2. The van der Waals surface area contributed by atoms with E-state index in [1.54, 1.807) is 24.3 Å². The molecular weight excluding hydrogens is 346 g/mol. The molecule has 1 aliphatic rings. The minimum atomic E-state index is -3.74. The summed E-state index contributed by atoms with van der Waals surface area (Å²) in [5.41, 5.74) is 2.11. The van der Waals surface area contributed by atoms with E-state index >= 15 is 0 Å². The Bertz CT molecular complexity index is 909. The Kier molecular flexibility index (Phi) is 4.59. The topological polar surface area (TPSA) is 87.6 Å². The molecule has 6 nitrogen and oxygen atoms in total. The summed E-state index contributed by atoms with van der Waals surface area (Å²) >= 11 is 1.04. The van der Waals surface area contributed by atoms with Gasteiger partial charge in [0, 0.05) is 5.69 Å². The number of amides is 1. The van der Waals surface area contributed by atoms with Crippen molar-refractivity contribution in [3.8, 4) is 0 Å². The van der Waals surface area contributed by atoms with Gasteiger partial charge in [0.1, 0.15) is 4.90 Å². The van der Waals surface area contributed by atoms with Crippen LogP contribution < -0.4 is 10.6 Å². The first-order valence-corrected chi connectivity index (χ1v) is 9.57. The number of anilines is 2. The number of para-hydroxylation sites is 1. The minimum absolute atomic E-state index is 0.0530. The van der Waals surface area contributed by atoms with Crippen molar-refractivity contribution in [2.75, 3.05) is 16.4 Å². The summed E-state index contributed by atoms with van der Waals surface area (Å²) < 4.78 is 28.1. The van der Waals surface area contributed by atoms with Crippen molar-refractivity contribution in [3.63, 3.8) is 0 Å². The van der Waals surface area contributed by atoms with Crippen LogP contribution in [0.25, 0.3) is 0 Å². The minimum Gasteiger partial charge on any atom is -0.333 e. The molecule has 124 valence electrons. The van der Waals surface area contributed by atoms with Crippen LogP contribution in [-0.4, -0.2) is 25.2 Å². The van der Waals surface area contributed by atoms with Crippen LogP contribution in [0.5, 0.6) is 0 Å². The number of hydrogen-bond donors (Lipinski definition) is 2. The molecule has 2 aromatic carbocycles. The Labute approximate surface area is 144 Å². The molecule has 1 heterocycles. The van der Waals surface area contributed by atoms with Crippen molar-refractivity contribution in [3.05, 3.63) is 54.1 Å². The number of carbonyl (C=O) groups excluding carboxylic acids is 1. The van der Waals surface area contributed by atoms with Crippen LogP contribution >= 0.6 is 11.8 Å². The number of sulfonamides is 1. The molecule has 0 unspecified atom stereocenters. The molecule has 0 radical (unpaired) electrons. The van der Waals surface area contributed by atoms with E-state index in [0.717, 1.165) is 17.3 Å². The molecule has 0 aromatic heterocycles. The van der Waals surface area contributed by atoms with Crippen LogP contribution in [0.3, 0.4) is 0 Å². The Hall–Kier alpha value is -2.32. The number of hydrogen-bond acceptors (Lipinski definition) is 5. The Balaban J connectivity index is 1.68. The molecule has 1 amide bonds. The second kappa shape index (κ2) is 6.66. The predicted octanol–water partition coefficient (Wildman–Crippen LogP) is 2.84. The van der Waals surface area contributed by atoms with Crippen molar-refractivity contribution >= 4 is 44.2 Å². The first-order valence-electron chi connectivity index (χ1n) is 7.14. The second-order valence-electron chi connectivity index (χ2n) is 5.20. The first kappa shape index (κ1) is 16.5. The van der Waals surface area contributed by atoms with Crippen LogP contribution in [0.4, 0.5) is 11.4 Å². The van der Waals surface area contributed by atoms with Crippen LogP contribution in [-0.2, 0) is 14.8 Å². The fourth-order valence-corrected chi connectivity index (χ4v) is 4.20. The summed E-state index contributed by atoms with van der Waals surface area (Å²) in [7, 11) is -3.74. The molecular formula is C16H15N3O3S2. The predicted molar refractivity (Wildman–Crippen MR) is 97.0 cm³/mol. The van der Waals surface area contributed by atoms with Crippen LogP contribution in [0, 0.1) is 6.92 Å². The maximum Gasteiger partial charge on any atom is 0.286 e. The number of thioether (sulfide) groups is 1. The number of benzene rings is 2. The van der Waals surface area contributed by atoms with E-state index in [1.807, 2.05) is 25.1 Å². The Morgan fingerprint density at radius 2 is 1.96 bits per heavy atom. The smallest absolute Gasteiger partial charge is 0.286 e. The van der Waals surface area contributed by atoms with E-state index in [0.29, 0.717) is 11.4 Å². The average Bonchev–Trinajstić information content (AvgIpc) is 2.53. The highest BCUT2D eigenvalue weighted by Gasteiger charge is 2.25. The van der Waals surface area contributed by atoms with Crippen LogP contribution in [0.1, 0.15) is 5.56 Å². The summed E-state index contributed by atoms with van der Waals surface area (Å²) in [5.74, 6) is -0.180. The third-order valence-electron chi connectivity index (χ3n) is 3.26. The Morgan fingerprint density at radius 1 is 1.21 bits per heavy atom. The Morgan fingerprint density at radius 3 is 2.71 bits per heavy atom. The molecule has 0 saturated heterocycles. The van der Waals surface area contributed by atoms with Crippen molar-refractivity contribution < 1.29 is 13.2 Å². The summed E-state index contributed by atoms with van der Waals surface area (Å²) in [4.78, 5) is 12.1. The number of rotatable bonds is 3. The van der Waals surface area contributed by atoms with E-state index in [4.69, 9.17) is 0 Å². The van der Waals surface area contributed by atoms with E-state index in [9.17, 15) is 13.2 Å². The molecule has 0 aliphatic carbocycles. The molecule has 3 rings (SSSR count). The SMILES string of the molecule is Cc1ccc2c(c1)NC(SCC(=O)Nc1ccccc1)=NS2(=O)=O. The highest BCUT2D eigenvalue weighted by Crippen LogP contribution is 2.30. The maximum atomic E-state index is 12.2. The van der Waals surface area contributed by atoms with E-state index in [-0.39, 0.29) is 21.7 Å². The summed E-state index contributed by atoms with van der Waals surface area (Å²) in [6, 6.07) is 14.0. The van der Waals surface area contributed by atoms with Gasteiger partial charge in [0.05, 0.1) is 11.4 Å². The molecule has 2 aromatic rings. The highest BCUT2D eigenvalue weighted by atomic mass is 32.2. The molecule has 0 spiro atoms. The van der Waals surface area contributed by atoms with E-state index in [1.165, 1.54) is 6.07 Å². The van der Waals surface area contributed by atoms with Crippen molar-refractivity contribution in [2.24, 2.45) is 4.40 Å². The van der Waals surface area contributed by atoms with Gasteiger partial charge in [-0.1, -0.05) is 36.0 Å². The summed E-state index contributed by atoms with van der Waals surface area (Å²) in [6.45, 7) is 1.88. The largest absolute Gasteiger partial charge is 0.333 e. The molecule has 0 atom stereocenters. The van der Waals surface area contributed by atoms with Gasteiger partial charge in [0.15, 0.2) is 5.17 Å². The lowest BCUT2D eigenvalue weighted by molar-refractivity contribution is -0.113. The molecule has 24 heavy (non-hydrogen) atoms. The van der Waals surface area contributed by atoms with E-state index in [2.05, 4.69) is 15.0 Å². The molecule has 0 bridgehead atoms. The molecule has 2 N–H and O–H groups in total. The fraction of sp³-hybridized carbons (Fsp3) is 0.125. The number of nitrogens with one attached hydrogen (secondary N) is 2. The normalized spacial score (nSPS) is 15.0. The van der Waals surface area contributed by atoms with Gasteiger partial charge in [0.25, 0.3) is 10.0 Å². The quantitative estimate of drug-likeness (QED) is 0.878. The van der Waals surface area contributed by atoms with Crippen molar-refractivity contribution in [1.82, 2.24) is 0 Å². The standard InChI is InChI=1S/C16H15N3O3S2/c1-11-7-8-14-13(9-11)18-16(19-24(14,21)22)23-10-15(20)17-12-5-3-2-4-6-12/h2-9H,10H2,1H3,(H,17,20)(H,18,19). The van der Waals surface area contributed by atoms with Gasteiger partial charge in [-0.15, -0.1) is 4.40 Å². The second-order valence-corrected chi connectivity index (χ2v) is 7.74. The highest BCUT2D eigenvalue weighted by molar-refractivity contribution is 8.15. The van der Waals surface area contributed by atoms with Gasteiger partial charge in [-0.25, -0.2) is 0 Å². The molecule has 0 fully saturated rings. The number of nitrogens with zero attached hydrogens (tertiary/aromatic N) is 1. The molecule has 8 heteroatoms. The zero-order valence-corrected chi connectivity index (χ0v) is 14.4. The maximum absolute atomic E-state index is 12.2. The first-order chi connectivity index (χ1) is 11.4. The fourth-order valence-electron chi connectivity index (χ4n) is 2.18. The lowest BCUT2D eigenvalue weighted by Crippen LogP contribution is -2.22. The van der Waals surface area contributed by atoms with Crippen LogP contribution in [0.15, 0.2) is 57.8 Å². The monoisotopic (exact) mass is 361 g/mol. The van der Waals surface area contributed by atoms with Gasteiger partial charge in [-0.05, 0) is 36.8 Å². The molecule has 1 aliphatic heterocycles. The van der Waals surface area contributed by atoms with E-state index < -0.39 is 10.0 Å². The van der Waals surface area contributed by atoms with Gasteiger partial charge >= 0.3 is 0 Å². The average molecular weight is 361 g/mol. The number of amidine groups is 1. The number of carbonyl (C=O) groups is 1. The van der Waals surface area contributed by atoms with Gasteiger partial charge in [0.2, 0.25) is 5.91 Å². The van der Waals surface area contributed by atoms with Crippen molar-refractivity contribution in [1.29, 1.82) is 0 Å². The third kappa shape index (κ3) is 3.77. The van der Waals surface area contributed by atoms with Gasteiger partial charge in [-0.3, -0.25) is 4.79 Å². The lowest BCUT2D eigenvalue weighted by atomic mass is 10.2. The zero-order valence-electron chi connectivity index (χ0n) is 12.8. The summed E-state index contributed by atoms with van der Waals surface area (Å²) in [5, 5.41) is 5.90. The molecule has 0 saturated carbocycles. The van der Waals surface area contributed by atoms with Crippen LogP contribution in [0.2, 0.25) is 0 Å². The third-order valence-corrected chi connectivity index (χ3v) is 5.58. The van der Waals surface area contributed by atoms with Gasteiger partial charge in [-0.2, -0.15) is 8.42 Å². The number of fused-ring (bicyclic) bond motifs is 1. The van der Waals surface area contributed by atoms with Crippen molar-refractivity contribution in [2.45, 2.75) is 11.8 Å². The summed E-state index contributed by atoms with van der Waals surface area (Å²) in [6.07, 6.45) is 0.